The first kappa shape index (κ1) is 19.9. The number of hydrogen-bond acceptors (Lipinski definition) is 5. The minimum Gasteiger partial charge on any atom is -0.364 e. The number of carbonyl (C=O) groups excluding carboxylic acids is 1. The zero-order chi connectivity index (χ0) is 19.8. The van der Waals surface area contributed by atoms with E-state index in [1.54, 1.807) is 6.26 Å². The topological polar surface area (TPSA) is 86.0 Å². The Balaban J connectivity index is 1.40. The van der Waals surface area contributed by atoms with Gasteiger partial charge in [-0.2, -0.15) is 0 Å². The number of anilines is 1. The Morgan fingerprint density at radius 1 is 1.18 bits per heavy atom. The lowest BCUT2D eigenvalue weighted by Gasteiger charge is -2.36. The van der Waals surface area contributed by atoms with E-state index in [1.165, 1.54) is 12.5 Å². The van der Waals surface area contributed by atoms with Crippen molar-refractivity contribution in [1.29, 1.82) is 0 Å². The summed E-state index contributed by atoms with van der Waals surface area (Å²) < 4.78 is 4.90. The molecule has 1 amide bonds. The largest absolute Gasteiger partial charge is 0.364 e. The molecule has 2 N–H and O–H groups in total. The number of piperazine rings is 1. The van der Waals surface area contributed by atoms with E-state index in [9.17, 15) is 4.79 Å². The molecular formula is C20H28N6O2. The van der Waals surface area contributed by atoms with Gasteiger partial charge in [0.25, 0.3) is 0 Å². The molecule has 1 aliphatic heterocycles. The van der Waals surface area contributed by atoms with Crippen molar-refractivity contribution in [3.63, 3.8) is 0 Å². The highest BCUT2D eigenvalue weighted by Gasteiger charge is 2.20. The Hall–Kier alpha value is -2.87. The van der Waals surface area contributed by atoms with Crippen molar-refractivity contribution >= 4 is 17.6 Å². The SMILES string of the molecule is CN=C(NCCc1ccc(NC(C)=O)cc1)N1CCN(Cc2ccon2)CC1. The molecule has 0 bridgehead atoms. The Morgan fingerprint density at radius 3 is 2.54 bits per heavy atom. The van der Waals surface area contributed by atoms with Crippen LogP contribution in [0.5, 0.6) is 0 Å². The first-order valence-electron chi connectivity index (χ1n) is 9.58. The van der Waals surface area contributed by atoms with Gasteiger partial charge >= 0.3 is 0 Å². The predicted molar refractivity (Wildman–Crippen MR) is 109 cm³/mol. The number of aliphatic imine (C=N–C) groups is 1. The number of amides is 1. The van der Waals surface area contributed by atoms with E-state index in [0.29, 0.717) is 0 Å². The molecule has 1 aromatic heterocycles. The van der Waals surface area contributed by atoms with Crippen molar-refractivity contribution in [1.82, 2.24) is 20.3 Å². The summed E-state index contributed by atoms with van der Waals surface area (Å²) in [7, 11) is 1.83. The number of rotatable bonds is 6. The van der Waals surface area contributed by atoms with Crippen LogP contribution in [-0.4, -0.2) is 66.6 Å². The Kier molecular flexibility index (Phi) is 7.02. The molecule has 8 heteroatoms. The molecule has 8 nitrogen and oxygen atoms in total. The first-order valence-corrected chi connectivity index (χ1v) is 9.58. The van der Waals surface area contributed by atoms with E-state index in [2.05, 4.69) is 30.6 Å². The van der Waals surface area contributed by atoms with Gasteiger partial charge in [0.1, 0.15) is 6.26 Å². The molecule has 3 rings (SSSR count). The summed E-state index contributed by atoms with van der Waals surface area (Å²) in [5.74, 6) is 0.885. The fraction of sp³-hybridized carbons (Fsp3) is 0.450. The molecule has 0 saturated carbocycles. The number of benzene rings is 1. The molecular weight excluding hydrogens is 356 g/mol. The van der Waals surface area contributed by atoms with Gasteiger partial charge < -0.3 is 20.1 Å². The molecule has 1 saturated heterocycles. The molecule has 0 unspecified atom stereocenters. The summed E-state index contributed by atoms with van der Waals surface area (Å²) in [5.41, 5.74) is 3.01. The zero-order valence-electron chi connectivity index (χ0n) is 16.5. The lowest BCUT2D eigenvalue weighted by molar-refractivity contribution is -0.114. The van der Waals surface area contributed by atoms with Crippen molar-refractivity contribution < 1.29 is 9.32 Å². The molecule has 0 aliphatic carbocycles. The zero-order valence-corrected chi connectivity index (χ0v) is 16.5. The van der Waals surface area contributed by atoms with Gasteiger partial charge in [-0.25, -0.2) is 0 Å². The summed E-state index contributed by atoms with van der Waals surface area (Å²) in [4.78, 5) is 20.2. The highest BCUT2D eigenvalue weighted by atomic mass is 16.5. The second-order valence-electron chi connectivity index (χ2n) is 6.86. The molecule has 1 aromatic carbocycles. The van der Waals surface area contributed by atoms with Gasteiger partial charge in [-0.3, -0.25) is 14.7 Å². The van der Waals surface area contributed by atoms with E-state index in [0.717, 1.165) is 63.0 Å². The second-order valence-corrected chi connectivity index (χ2v) is 6.86. The lowest BCUT2D eigenvalue weighted by atomic mass is 10.1. The summed E-state index contributed by atoms with van der Waals surface area (Å²) >= 11 is 0. The van der Waals surface area contributed by atoms with Crippen LogP contribution in [0.1, 0.15) is 18.2 Å². The maximum absolute atomic E-state index is 11.1. The first-order chi connectivity index (χ1) is 13.6. The minimum atomic E-state index is -0.0562. The Bertz CT molecular complexity index is 765. The fourth-order valence-electron chi connectivity index (χ4n) is 3.27. The van der Waals surface area contributed by atoms with Gasteiger partial charge in [0, 0.05) is 65.0 Å². The third-order valence-electron chi connectivity index (χ3n) is 4.73. The minimum absolute atomic E-state index is 0.0562. The van der Waals surface area contributed by atoms with E-state index in [-0.39, 0.29) is 5.91 Å². The van der Waals surface area contributed by atoms with Crippen LogP contribution in [0.4, 0.5) is 5.69 Å². The summed E-state index contributed by atoms with van der Waals surface area (Å²) in [6, 6.07) is 9.85. The number of carbonyl (C=O) groups is 1. The van der Waals surface area contributed by atoms with Crippen LogP contribution in [0.2, 0.25) is 0 Å². The van der Waals surface area contributed by atoms with Crippen molar-refractivity contribution in [3.05, 3.63) is 47.9 Å². The third kappa shape index (κ3) is 5.82. The highest BCUT2D eigenvalue weighted by molar-refractivity contribution is 5.88. The lowest BCUT2D eigenvalue weighted by Crippen LogP contribution is -2.52. The summed E-state index contributed by atoms with van der Waals surface area (Å²) in [5, 5.41) is 10.2. The number of guanidine groups is 1. The second kappa shape index (κ2) is 9.89. The van der Waals surface area contributed by atoms with Crippen molar-refractivity contribution in [2.24, 2.45) is 4.99 Å². The maximum Gasteiger partial charge on any atom is 0.221 e. The van der Waals surface area contributed by atoms with E-state index >= 15 is 0 Å². The molecule has 150 valence electrons. The maximum atomic E-state index is 11.1. The molecule has 1 fully saturated rings. The molecule has 28 heavy (non-hydrogen) atoms. The van der Waals surface area contributed by atoms with Crippen molar-refractivity contribution in [3.8, 4) is 0 Å². The number of aromatic nitrogens is 1. The van der Waals surface area contributed by atoms with Gasteiger partial charge in [-0.15, -0.1) is 0 Å². The standard InChI is InChI=1S/C20H28N6O2/c1-16(27)23-18-5-3-17(4-6-18)7-9-22-20(21-2)26-12-10-25(11-13-26)15-19-8-14-28-24-19/h3-6,8,14H,7,9-13,15H2,1-2H3,(H,21,22)(H,23,27). The monoisotopic (exact) mass is 384 g/mol. The Morgan fingerprint density at radius 2 is 1.93 bits per heavy atom. The van der Waals surface area contributed by atoms with Crippen LogP contribution in [0.15, 0.2) is 46.1 Å². The summed E-state index contributed by atoms with van der Waals surface area (Å²) in [6.45, 7) is 6.95. The van der Waals surface area contributed by atoms with E-state index in [4.69, 9.17) is 4.52 Å². The molecule has 0 spiro atoms. The van der Waals surface area contributed by atoms with E-state index in [1.807, 2.05) is 37.4 Å². The van der Waals surface area contributed by atoms with Crippen LogP contribution in [-0.2, 0) is 17.8 Å². The van der Waals surface area contributed by atoms with Crippen LogP contribution in [0.3, 0.4) is 0 Å². The van der Waals surface area contributed by atoms with Gasteiger partial charge in [0.15, 0.2) is 5.96 Å². The molecule has 0 radical (unpaired) electrons. The molecule has 2 heterocycles. The molecule has 1 aliphatic rings. The van der Waals surface area contributed by atoms with Crippen LogP contribution < -0.4 is 10.6 Å². The van der Waals surface area contributed by atoms with Crippen molar-refractivity contribution in [2.75, 3.05) is 45.1 Å². The number of nitrogens with zero attached hydrogens (tertiary/aromatic N) is 4. The highest BCUT2D eigenvalue weighted by Crippen LogP contribution is 2.10. The van der Waals surface area contributed by atoms with Crippen LogP contribution in [0.25, 0.3) is 0 Å². The average molecular weight is 384 g/mol. The quantitative estimate of drug-likeness (QED) is 0.581. The van der Waals surface area contributed by atoms with Gasteiger partial charge in [-0.1, -0.05) is 17.3 Å². The molecule has 2 aromatic rings. The van der Waals surface area contributed by atoms with E-state index < -0.39 is 0 Å². The number of hydrogen-bond donors (Lipinski definition) is 2. The third-order valence-corrected chi connectivity index (χ3v) is 4.73. The Labute approximate surface area is 165 Å². The predicted octanol–water partition coefficient (Wildman–Crippen LogP) is 1.57. The van der Waals surface area contributed by atoms with Gasteiger partial charge in [-0.05, 0) is 24.1 Å². The van der Waals surface area contributed by atoms with Gasteiger partial charge in [0.2, 0.25) is 5.91 Å². The average Bonchev–Trinajstić information content (AvgIpc) is 3.20. The summed E-state index contributed by atoms with van der Waals surface area (Å²) in [6.07, 6.45) is 2.51. The smallest absolute Gasteiger partial charge is 0.221 e. The van der Waals surface area contributed by atoms with Crippen LogP contribution in [0, 0.1) is 0 Å². The van der Waals surface area contributed by atoms with Crippen LogP contribution >= 0.6 is 0 Å². The van der Waals surface area contributed by atoms with Crippen molar-refractivity contribution in [2.45, 2.75) is 19.9 Å². The molecule has 0 atom stereocenters. The number of nitrogens with one attached hydrogen (secondary N) is 2. The van der Waals surface area contributed by atoms with Gasteiger partial charge in [0.05, 0.1) is 5.69 Å². The normalized spacial score (nSPS) is 15.5. The fourth-order valence-corrected chi connectivity index (χ4v) is 3.27.